The van der Waals surface area contributed by atoms with Crippen molar-refractivity contribution in [1.29, 1.82) is 0 Å². The van der Waals surface area contributed by atoms with Crippen molar-refractivity contribution in [1.82, 2.24) is 14.5 Å². The largest absolute Gasteiger partial charge is 0.444 e. The standard InChI is InChI=1S/C22H35N3O5S/c1-16(2)15-19(23-31(28,29)18-9-7-17(3)8-10-18)20(26)24-11-13-25(14-12-24)21(27)30-22(4,5)6/h7-10,16,19,23H,11-15H2,1-6H3/t19-/m1/s1. The van der Waals surface area contributed by atoms with E-state index in [1.165, 1.54) is 12.1 Å². The van der Waals surface area contributed by atoms with E-state index in [9.17, 15) is 18.0 Å². The first-order chi connectivity index (χ1) is 14.3. The van der Waals surface area contributed by atoms with Crippen molar-refractivity contribution in [2.45, 2.75) is 64.5 Å². The van der Waals surface area contributed by atoms with Crippen molar-refractivity contribution in [2.75, 3.05) is 26.2 Å². The number of aryl methyl sites for hydroxylation is 1. The highest BCUT2D eigenvalue weighted by Crippen LogP contribution is 2.17. The van der Waals surface area contributed by atoms with Gasteiger partial charge in [-0.05, 0) is 52.2 Å². The Morgan fingerprint density at radius 1 is 1.03 bits per heavy atom. The molecule has 2 rings (SSSR count). The summed E-state index contributed by atoms with van der Waals surface area (Å²) in [5.74, 6) is -0.147. The number of amides is 2. The van der Waals surface area contributed by atoms with Crippen LogP contribution in [0.15, 0.2) is 29.2 Å². The molecule has 0 saturated carbocycles. The smallest absolute Gasteiger partial charge is 0.410 e. The molecule has 1 N–H and O–H groups in total. The number of nitrogens with one attached hydrogen (secondary N) is 1. The maximum Gasteiger partial charge on any atom is 0.410 e. The van der Waals surface area contributed by atoms with Gasteiger partial charge in [0.2, 0.25) is 15.9 Å². The number of piperazine rings is 1. The summed E-state index contributed by atoms with van der Waals surface area (Å²) < 4.78 is 33.7. The fraction of sp³-hybridized carbons (Fsp3) is 0.636. The SMILES string of the molecule is Cc1ccc(S(=O)(=O)N[C@H](CC(C)C)C(=O)N2CCN(C(=O)OC(C)(C)C)CC2)cc1. The van der Waals surface area contributed by atoms with E-state index in [1.54, 1.807) is 42.7 Å². The zero-order chi connectivity index (χ0) is 23.4. The molecule has 1 aromatic rings. The average molecular weight is 454 g/mol. The van der Waals surface area contributed by atoms with Gasteiger partial charge in [-0.3, -0.25) is 4.79 Å². The van der Waals surface area contributed by atoms with Crippen LogP contribution in [0.3, 0.4) is 0 Å². The molecule has 0 unspecified atom stereocenters. The molecule has 1 fully saturated rings. The molecule has 1 atom stereocenters. The summed E-state index contributed by atoms with van der Waals surface area (Å²) in [4.78, 5) is 28.7. The molecule has 0 bridgehead atoms. The summed E-state index contributed by atoms with van der Waals surface area (Å²) in [6, 6.07) is 5.66. The lowest BCUT2D eigenvalue weighted by molar-refractivity contribution is -0.135. The Labute approximate surface area is 186 Å². The fourth-order valence-electron chi connectivity index (χ4n) is 3.30. The van der Waals surface area contributed by atoms with Gasteiger partial charge in [0.1, 0.15) is 11.6 Å². The highest BCUT2D eigenvalue weighted by molar-refractivity contribution is 7.89. The van der Waals surface area contributed by atoms with Crippen molar-refractivity contribution in [3.8, 4) is 0 Å². The first kappa shape index (κ1) is 25.1. The van der Waals surface area contributed by atoms with Crippen LogP contribution in [0.25, 0.3) is 0 Å². The number of hydrogen-bond donors (Lipinski definition) is 1. The summed E-state index contributed by atoms with van der Waals surface area (Å²) in [6.45, 7) is 12.6. The van der Waals surface area contributed by atoms with Gasteiger partial charge in [0.05, 0.1) is 4.90 Å². The Morgan fingerprint density at radius 3 is 2.03 bits per heavy atom. The number of nitrogens with zero attached hydrogens (tertiary/aromatic N) is 2. The third-order valence-corrected chi connectivity index (χ3v) is 6.36. The Bertz CT molecular complexity index is 867. The van der Waals surface area contributed by atoms with E-state index in [0.29, 0.717) is 32.6 Å². The van der Waals surface area contributed by atoms with Gasteiger partial charge in [0.15, 0.2) is 0 Å². The molecule has 1 aromatic carbocycles. The second-order valence-electron chi connectivity index (χ2n) is 9.41. The molecule has 0 aromatic heterocycles. The van der Waals surface area contributed by atoms with Crippen molar-refractivity contribution >= 4 is 22.0 Å². The van der Waals surface area contributed by atoms with E-state index in [-0.39, 0.29) is 16.7 Å². The molecule has 31 heavy (non-hydrogen) atoms. The fourth-order valence-corrected chi connectivity index (χ4v) is 4.50. The molecule has 1 aliphatic heterocycles. The molecule has 0 spiro atoms. The van der Waals surface area contributed by atoms with Gasteiger partial charge >= 0.3 is 6.09 Å². The molecule has 1 saturated heterocycles. The summed E-state index contributed by atoms with van der Waals surface area (Å²) >= 11 is 0. The summed E-state index contributed by atoms with van der Waals surface area (Å²) in [5.41, 5.74) is 0.373. The van der Waals surface area contributed by atoms with E-state index in [0.717, 1.165) is 5.56 Å². The molecule has 0 aliphatic carbocycles. The van der Waals surface area contributed by atoms with Crippen LogP contribution in [-0.4, -0.2) is 68.0 Å². The highest BCUT2D eigenvalue weighted by Gasteiger charge is 2.33. The van der Waals surface area contributed by atoms with Crippen LogP contribution < -0.4 is 4.72 Å². The number of ether oxygens (including phenoxy) is 1. The summed E-state index contributed by atoms with van der Waals surface area (Å²) in [5, 5.41) is 0. The Morgan fingerprint density at radius 2 is 1.55 bits per heavy atom. The number of carbonyl (C=O) groups is 2. The first-order valence-electron chi connectivity index (χ1n) is 10.6. The number of benzene rings is 1. The second kappa shape index (κ2) is 9.99. The minimum absolute atomic E-state index is 0.123. The molecule has 9 heteroatoms. The molecule has 2 amide bonds. The molecular formula is C22H35N3O5S. The third kappa shape index (κ3) is 7.50. The topological polar surface area (TPSA) is 96.0 Å². The summed E-state index contributed by atoms with van der Waals surface area (Å²) in [7, 11) is -3.83. The molecule has 1 heterocycles. The first-order valence-corrected chi connectivity index (χ1v) is 12.1. The zero-order valence-corrected chi connectivity index (χ0v) is 20.2. The molecule has 1 aliphatic rings. The zero-order valence-electron chi connectivity index (χ0n) is 19.3. The Balaban J connectivity index is 2.07. The van der Waals surface area contributed by atoms with E-state index in [4.69, 9.17) is 4.74 Å². The van der Waals surface area contributed by atoms with Crippen LogP contribution in [0.1, 0.15) is 46.6 Å². The van der Waals surface area contributed by atoms with Gasteiger partial charge in [0.25, 0.3) is 0 Å². The van der Waals surface area contributed by atoms with E-state index < -0.39 is 27.8 Å². The van der Waals surface area contributed by atoms with Gasteiger partial charge < -0.3 is 14.5 Å². The minimum atomic E-state index is -3.83. The maximum atomic E-state index is 13.2. The number of hydrogen-bond acceptors (Lipinski definition) is 5. The van der Waals surface area contributed by atoms with Crippen molar-refractivity contribution in [3.05, 3.63) is 29.8 Å². The second-order valence-corrected chi connectivity index (χ2v) is 11.1. The van der Waals surface area contributed by atoms with Crippen LogP contribution >= 0.6 is 0 Å². The van der Waals surface area contributed by atoms with Gasteiger partial charge in [-0.1, -0.05) is 31.5 Å². The van der Waals surface area contributed by atoms with Crippen LogP contribution in [-0.2, 0) is 19.6 Å². The van der Waals surface area contributed by atoms with E-state index in [2.05, 4.69) is 4.72 Å². The Kier molecular flexibility index (Phi) is 8.10. The van der Waals surface area contributed by atoms with Crippen LogP contribution in [0.5, 0.6) is 0 Å². The minimum Gasteiger partial charge on any atom is -0.444 e. The number of rotatable bonds is 6. The monoisotopic (exact) mass is 453 g/mol. The predicted molar refractivity (Wildman–Crippen MR) is 119 cm³/mol. The van der Waals surface area contributed by atoms with Gasteiger partial charge in [-0.15, -0.1) is 0 Å². The third-order valence-electron chi connectivity index (χ3n) is 4.88. The van der Waals surface area contributed by atoms with E-state index >= 15 is 0 Å². The molecule has 0 radical (unpaired) electrons. The van der Waals surface area contributed by atoms with Gasteiger partial charge in [-0.25, -0.2) is 13.2 Å². The van der Waals surface area contributed by atoms with Crippen LogP contribution in [0.2, 0.25) is 0 Å². The Hall–Kier alpha value is -2.13. The van der Waals surface area contributed by atoms with Crippen LogP contribution in [0.4, 0.5) is 4.79 Å². The lowest BCUT2D eigenvalue weighted by Gasteiger charge is -2.37. The number of carbonyl (C=O) groups excluding carboxylic acids is 2. The normalized spacial score (nSPS) is 16.4. The van der Waals surface area contributed by atoms with E-state index in [1.807, 2.05) is 20.8 Å². The van der Waals surface area contributed by atoms with Crippen molar-refractivity contribution < 1.29 is 22.7 Å². The molecule has 174 valence electrons. The molecular weight excluding hydrogens is 418 g/mol. The number of sulfonamides is 1. The quantitative estimate of drug-likeness (QED) is 0.715. The molecule has 8 nitrogen and oxygen atoms in total. The summed E-state index contributed by atoms with van der Waals surface area (Å²) in [6.07, 6.45) is -0.0191. The predicted octanol–water partition coefficient (Wildman–Crippen LogP) is 2.77. The van der Waals surface area contributed by atoms with Gasteiger partial charge in [-0.2, -0.15) is 4.72 Å². The maximum absolute atomic E-state index is 13.2. The lowest BCUT2D eigenvalue weighted by atomic mass is 10.0. The van der Waals surface area contributed by atoms with Crippen LogP contribution in [0, 0.1) is 12.8 Å². The average Bonchev–Trinajstić information content (AvgIpc) is 2.65. The lowest BCUT2D eigenvalue weighted by Crippen LogP contribution is -2.56. The van der Waals surface area contributed by atoms with Gasteiger partial charge in [0, 0.05) is 26.2 Å². The van der Waals surface area contributed by atoms with Crippen molar-refractivity contribution in [2.24, 2.45) is 5.92 Å². The van der Waals surface area contributed by atoms with Crippen molar-refractivity contribution in [3.63, 3.8) is 0 Å². The highest BCUT2D eigenvalue weighted by atomic mass is 32.2.